The maximum Gasteiger partial charge on any atom is 0.119 e. The first-order valence-corrected chi connectivity index (χ1v) is 6.84. The number of rotatable bonds is 10. The van der Waals surface area contributed by atoms with Crippen LogP contribution in [0.1, 0.15) is 32.6 Å². The first-order valence-electron chi connectivity index (χ1n) is 6.84. The van der Waals surface area contributed by atoms with Crippen molar-refractivity contribution in [2.24, 2.45) is 0 Å². The molecule has 3 nitrogen and oxygen atoms in total. The van der Waals surface area contributed by atoms with Crippen LogP contribution in [0.3, 0.4) is 0 Å². The van der Waals surface area contributed by atoms with E-state index < -0.39 is 0 Å². The van der Waals surface area contributed by atoms with Crippen molar-refractivity contribution in [3.63, 3.8) is 0 Å². The number of ether oxygens (including phenoxy) is 2. The van der Waals surface area contributed by atoms with Gasteiger partial charge in [0.25, 0.3) is 0 Å². The van der Waals surface area contributed by atoms with Crippen LogP contribution in [0.4, 0.5) is 0 Å². The van der Waals surface area contributed by atoms with Crippen LogP contribution in [-0.4, -0.2) is 26.8 Å². The molecule has 1 N–H and O–H groups in total. The highest BCUT2D eigenvalue weighted by Gasteiger charge is 1.95. The average molecular weight is 251 g/mol. The maximum absolute atomic E-state index is 5.64. The molecule has 1 aromatic carbocycles. The lowest BCUT2D eigenvalue weighted by Crippen LogP contribution is -2.18. The Hall–Kier alpha value is -1.22. The monoisotopic (exact) mass is 251 g/mol. The van der Waals surface area contributed by atoms with Crippen molar-refractivity contribution in [3.05, 3.63) is 24.3 Å². The van der Waals surface area contributed by atoms with Gasteiger partial charge in [0, 0.05) is 0 Å². The molecule has 102 valence electrons. The van der Waals surface area contributed by atoms with Gasteiger partial charge in [-0.05, 0) is 50.2 Å². The van der Waals surface area contributed by atoms with Crippen LogP contribution < -0.4 is 14.8 Å². The maximum atomic E-state index is 5.64. The van der Waals surface area contributed by atoms with E-state index in [2.05, 4.69) is 12.2 Å². The van der Waals surface area contributed by atoms with E-state index in [1.54, 1.807) is 7.11 Å². The van der Waals surface area contributed by atoms with Gasteiger partial charge in [-0.15, -0.1) is 0 Å². The number of nitrogens with one attached hydrogen (secondary N) is 1. The fourth-order valence-corrected chi connectivity index (χ4v) is 1.68. The summed E-state index contributed by atoms with van der Waals surface area (Å²) in [7, 11) is 1.67. The molecule has 0 unspecified atom stereocenters. The standard InChI is InChI=1S/C15H25NO2/c1-3-4-5-11-16-12-6-13-18-15-9-7-14(17-2)8-10-15/h7-10,16H,3-6,11-13H2,1-2H3. The Morgan fingerprint density at radius 2 is 1.61 bits per heavy atom. The average Bonchev–Trinajstić information content (AvgIpc) is 2.42. The van der Waals surface area contributed by atoms with Gasteiger partial charge in [0.1, 0.15) is 11.5 Å². The Kier molecular flexibility index (Phi) is 8.06. The second-order valence-corrected chi connectivity index (χ2v) is 4.33. The smallest absolute Gasteiger partial charge is 0.119 e. The molecular formula is C15H25NO2. The van der Waals surface area contributed by atoms with Gasteiger partial charge in [-0.3, -0.25) is 0 Å². The fourth-order valence-electron chi connectivity index (χ4n) is 1.68. The molecule has 0 saturated heterocycles. The Balaban J connectivity index is 2.00. The molecular weight excluding hydrogens is 226 g/mol. The number of unbranched alkanes of at least 4 members (excludes halogenated alkanes) is 2. The molecule has 0 aliphatic rings. The fraction of sp³-hybridized carbons (Fsp3) is 0.600. The van der Waals surface area contributed by atoms with Crippen LogP contribution in [0.2, 0.25) is 0 Å². The molecule has 0 bridgehead atoms. The van der Waals surface area contributed by atoms with E-state index in [1.165, 1.54) is 19.3 Å². The highest BCUT2D eigenvalue weighted by atomic mass is 16.5. The molecule has 0 spiro atoms. The highest BCUT2D eigenvalue weighted by Crippen LogP contribution is 2.16. The van der Waals surface area contributed by atoms with Gasteiger partial charge in [-0.1, -0.05) is 19.8 Å². The summed E-state index contributed by atoms with van der Waals surface area (Å²) < 4.78 is 10.7. The molecule has 0 atom stereocenters. The van der Waals surface area contributed by atoms with Crippen LogP contribution in [0, 0.1) is 0 Å². The van der Waals surface area contributed by atoms with Crippen LogP contribution >= 0.6 is 0 Å². The van der Waals surface area contributed by atoms with Crippen molar-refractivity contribution in [1.29, 1.82) is 0 Å². The van der Waals surface area contributed by atoms with Gasteiger partial charge in [0.05, 0.1) is 13.7 Å². The van der Waals surface area contributed by atoms with Crippen LogP contribution in [0.15, 0.2) is 24.3 Å². The molecule has 0 aliphatic heterocycles. The zero-order chi connectivity index (χ0) is 13.1. The highest BCUT2D eigenvalue weighted by molar-refractivity contribution is 5.31. The first-order chi connectivity index (χ1) is 8.86. The van der Waals surface area contributed by atoms with E-state index in [0.717, 1.165) is 37.6 Å². The van der Waals surface area contributed by atoms with Gasteiger partial charge >= 0.3 is 0 Å². The summed E-state index contributed by atoms with van der Waals surface area (Å²) in [6, 6.07) is 7.71. The molecule has 1 aromatic rings. The molecule has 0 radical (unpaired) electrons. The van der Waals surface area contributed by atoms with Gasteiger partial charge in [0.2, 0.25) is 0 Å². The van der Waals surface area contributed by atoms with Gasteiger partial charge in [-0.25, -0.2) is 0 Å². The topological polar surface area (TPSA) is 30.5 Å². The molecule has 0 saturated carbocycles. The van der Waals surface area contributed by atoms with Crippen LogP contribution in [0.5, 0.6) is 11.5 Å². The van der Waals surface area contributed by atoms with Gasteiger partial charge < -0.3 is 14.8 Å². The SMILES string of the molecule is CCCCCNCCCOc1ccc(OC)cc1. The van der Waals surface area contributed by atoms with Crippen molar-refractivity contribution in [3.8, 4) is 11.5 Å². The Bertz CT molecular complexity index is 298. The quantitative estimate of drug-likeness (QED) is 0.648. The second kappa shape index (κ2) is 9.77. The molecule has 18 heavy (non-hydrogen) atoms. The third kappa shape index (κ3) is 6.50. The van der Waals surface area contributed by atoms with E-state index >= 15 is 0 Å². The predicted octanol–water partition coefficient (Wildman–Crippen LogP) is 3.24. The van der Waals surface area contributed by atoms with Gasteiger partial charge in [0.15, 0.2) is 0 Å². The number of hydrogen-bond acceptors (Lipinski definition) is 3. The number of hydrogen-bond donors (Lipinski definition) is 1. The number of benzene rings is 1. The second-order valence-electron chi connectivity index (χ2n) is 4.33. The number of methoxy groups -OCH3 is 1. The van der Waals surface area contributed by atoms with E-state index in [0.29, 0.717) is 0 Å². The zero-order valence-corrected chi connectivity index (χ0v) is 11.6. The van der Waals surface area contributed by atoms with Crippen molar-refractivity contribution in [2.75, 3.05) is 26.8 Å². The minimum absolute atomic E-state index is 0.757. The largest absolute Gasteiger partial charge is 0.497 e. The normalized spacial score (nSPS) is 10.3. The third-order valence-electron chi connectivity index (χ3n) is 2.78. The predicted molar refractivity (Wildman–Crippen MR) is 75.5 cm³/mol. The summed E-state index contributed by atoms with van der Waals surface area (Å²) in [5.74, 6) is 1.77. The van der Waals surface area contributed by atoms with Crippen molar-refractivity contribution >= 4 is 0 Å². The molecule has 0 aliphatic carbocycles. The zero-order valence-electron chi connectivity index (χ0n) is 11.6. The molecule has 1 rings (SSSR count). The minimum atomic E-state index is 0.757. The van der Waals surface area contributed by atoms with E-state index in [9.17, 15) is 0 Å². The molecule has 0 amide bonds. The van der Waals surface area contributed by atoms with Crippen molar-refractivity contribution in [1.82, 2.24) is 5.32 Å². The molecule has 0 heterocycles. The molecule has 0 aromatic heterocycles. The summed E-state index contributed by atoms with van der Waals surface area (Å²) in [6.07, 6.45) is 4.91. The summed E-state index contributed by atoms with van der Waals surface area (Å²) in [5.41, 5.74) is 0. The van der Waals surface area contributed by atoms with Crippen LogP contribution in [0.25, 0.3) is 0 Å². The molecule has 0 fully saturated rings. The summed E-state index contributed by atoms with van der Waals surface area (Å²) in [4.78, 5) is 0. The molecule has 3 heteroatoms. The van der Waals surface area contributed by atoms with Gasteiger partial charge in [-0.2, -0.15) is 0 Å². The lowest BCUT2D eigenvalue weighted by Gasteiger charge is -2.07. The Morgan fingerprint density at radius 3 is 2.28 bits per heavy atom. The van der Waals surface area contributed by atoms with Crippen molar-refractivity contribution < 1.29 is 9.47 Å². The lowest BCUT2D eigenvalue weighted by atomic mass is 10.2. The lowest BCUT2D eigenvalue weighted by molar-refractivity contribution is 0.307. The van der Waals surface area contributed by atoms with E-state index in [1.807, 2.05) is 24.3 Å². The first kappa shape index (κ1) is 14.8. The summed E-state index contributed by atoms with van der Waals surface area (Å²) in [5, 5.41) is 3.42. The van der Waals surface area contributed by atoms with E-state index in [4.69, 9.17) is 9.47 Å². The van der Waals surface area contributed by atoms with Crippen LogP contribution in [-0.2, 0) is 0 Å². The minimum Gasteiger partial charge on any atom is -0.497 e. The third-order valence-corrected chi connectivity index (χ3v) is 2.78. The van der Waals surface area contributed by atoms with Crippen molar-refractivity contribution in [2.45, 2.75) is 32.6 Å². The Morgan fingerprint density at radius 1 is 0.944 bits per heavy atom. The summed E-state index contributed by atoms with van der Waals surface area (Å²) in [6.45, 7) is 5.13. The van der Waals surface area contributed by atoms with E-state index in [-0.39, 0.29) is 0 Å². The Labute approximate surface area is 110 Å². The summed E-state index contributed by atoms with van der Waals surface area (Å²) >= 11 is 0.